The lowest BCUT2D eigenvalue weighted by molar-refractivity contribution is -0.143. The zero-order valence-corrected chi connectivity index (χ0v) is 22.1. The standard InChI is InChI=1S/C28H52O4/c1-7-13-17-23(11-5)21-25(27(29)31-19-15-9-3)26(28(30)32-20-16-10-4)22-24(12-6)18-14-8-2/h23-24H,7-22H2,1-6H3/b26-25-. The fourth-order valence-corrected chi connectivity index (χ4v) is 3.92. The zero-order chi connectivity index (χ0) is 24.2. The van der Waals surface area contributed by atoms with Gasteiger partial charge in [0.15, 0.2) is 0 Å². The van der Waals surface area contributed by atoms with Crippen molar-refractivity contribution < 1.29 is 19.1 Å². The first kappa shape index (κ1) is 30.7. The summed E-state index contributed by atoms with van der Waals surface area (Å²) in [5.41, 5.74) is 1.17. The number of unbranched alkanes of at least 4 members (excludes halogenated alkanes) is 4. The maximum Gasteiger partial charge on any atom is 0.334 e. The Kier molecular flexibility index (Phi) is 19.5. The van der Waals surface area contributed by atoms with Gasteiger partial charge >= 0.3 is 11.9 Å². The molecular weight excluding hydrogens is 400 g/mol. The van der Waals surface area contributed by atoms with Crippen molar-refractivity contribution in [2.75, 3.05) is 13.2 Å². The van der Waals surface area contributed by atoms with Crippen molar-refractivity contribution in [3.8, 4) is 0 Å². The first-order chi connectivity index (χ1) is 15.5. The van der Waals surface area contributed by atoms with Gasteiger partial charge in [-0.3, -0.25) is 0 Å². The summed E-state index contributed by atoms with van der Waals surface area (Å²) < 4.78 is 11.3. The van der Waals surface area contributed by atoms with Crippen LogP contribution in [0.4, 0.5) is 0 Å². The van der Waals surface area contributed by atoms with Gasteiger partial charge in [-0.15, -0.1) is 0 Å². The molecule has 188 valence electrons. The molecule has 0 aromatic rings. The molecule has 2 atom stereocenters. The van der Waals surface area contributed by atoms with Crippen molar-refractivity contribution in [3.05, 3.63) is 11.1 Å². The molecule has 0 aromatic carbocycles. The SMILES string of the molecule is CCCCOC(=O)/C(CC(CC)CCCC)=C(/CC(CC)CCCC)C(=O)OCCCC. The second-order valence-electron chi connectivity index (χ2n) is 9.18. The highest BCUT2D eigenvalue weighted by atomic mass is 16.5. The summed E-state index contributed by atoms with van der Waals surface area (Å²) >= 11 is 0. The minimum atomic E-state index is -0.304. The average molecular weight is 453 g/mol. The van der Waals surface area contributed by atoms with E-state index in [1.54, 1.807) is 0 Å². The predicted molar refractivity (Wildman–Crippen MR) is 135 cm³/mol. The number of esters is 2. The monoisotopic (exact) mass is 452 g/mol. The van der Waals surface area contributed by atoms with E-state index >= 15 is 0 Å². The Bertz CT molecular complexity index is 478. The lowest BCUT2D eigenvalue weighted by Gasteiger charge is -2.22. The van der Waals surface area contributed by atoms with Crippen LogP contribution in [-0.2, 0) is 19.1 Å². The van der Waals surface area contributed by atoms with Gasteiger partial charge in [-0.25, -0.2) is 9.59 Å². The predicted octanol–water partition coefficient (Wildman–Crippen LogP) is 8.18. The van der Waals surface area contributed by atoms with E-state index in [9.17, 15) is 9.59 Å². The molecule has 2 unspecified atom stereocenters. The molecule has 0 heterocycles. The smallest absolute Gasteiger partial charge is 0.334 e. The molecule has 0 bridgehead atoms. The van der Waals surface area contributed by atoms with Crippen LogP contribution < -0.4 is 0 Å². The third-order valence-electron chi connectivity index (χ3n) is 6.39. The number of carbonyl (C=O) groups excluding carboxylic acids is 2. The van der Waals surface area contributed by atoms with Crippen LogP contribution in [-0.4, -0.2) is 25.2 Å². The Morgan fingerprint density at radius 2 is 0.906 bits per heavy atom. The molecule has 0 fully saturated rings. The largest absolute Gasteiger partial charge is 0.462 e. The summed E-state index contributed by atoms with van der Waals surface area (Å²) in [5, 5.41) is 0. The lowest BCUT2D eigenvalue weighted by Crippen LogP contribution is -2.21. The van der Waals surface area contributed by atoms with Gasteiger partial charge in [0.1, 0.15) is 0 Å². The summed E-state index contributed by atoms with van der Waals surface area (Å²) in [6, 6.07) is 0. The van der Waals surface area contributed by atoms with Crippen LogP contribution in [0.15, 0.2) is 11.1 Å². The molecule has 0 amide bonds. The summed E-state index contributed by atoms with van der Waals surface area (Å²) in [6.45, 7) is 13.7. The number of hydrogen-bond acceptors (Lipinski definition) is 4. The second kappa shape index (κ2) is 20.3. The van der Waals surface area contributed by atoms with E-state index in [1.807, 2.05) is 0 Å². The van der Waals surface area contributed by atoms with E-state index in [0.717, 1.165) is 77.0 Å². The Labute approximate surface area is 198 Å². The molecule has 0 saturated carbocycles. The molecule has 0 saturated heterocycles. The molecule has 0 rings (SSSR count). The maximum atomic E-state index is 13.2. The van der Waals surface area contributed by atoms with E-state index in [2.05, 4.69) is 41.5 Å². The van der Waals surface area contributed by atoms with Crippen LogP contribution in [0.2, 0.25) is 0 Å². The highest BCUT2D eigenvalue weighted by Crippen LogP contribution is 2.30. The molecule has 0 aliphatic carbocycles. The minimum Gasteiger partial charge on any atom is -0.462 e. The minimum absolute atomic E-state index is 0.304. The first-order valence-electron chi connectivity index (χ1n) is 13.5. The summed E-state index contributed by atoms with van der Waals surface area (Å²) in [7, 11) is 0. The number of ether oxygens (including phenoxy) is 2. The zero-order valence-electron chi connectivity index (χ0n) is 22.1. The molecule has 0 aromatic heterocycles. The van der Waals surface area contributed by atoms with E-state index in [0.29, 0.717) is 49.0 Å². The Balaban J connectivity index is 6.03. The Morgan fingerprint density at radius 3 is 1.19 bits per heavy atom. The topological polar surface area (TPSA) is 52.6 Å². The highest BCUT2D eigenvalue weighted by molar-refractivity contribution is 6.00. The summed E-state index contributed by atoms with van der Waals surface area (Å²) in [6.07, 6.45) is 13.6. The van der Waals surface area contributed by atoms with Gasteiger partial charge in [-0.1, -0.05) is 106 Å². The number of hydrogen-bond donors (Lipinski definition) is 0. The van der Waals surface area contributed by atoms with Crippen molar-refractivity contribution >= 4 is 11.9 Å². The van der Waals surface area contributed by atoms with Crippen LogP contribution in [0.3, 0.4) is 0 Å². The van der Waals surface area contributed by atoms with Crippen molar-refractivity contribution in [1.29, 1.82) is 0 Å². The van der Waals surface area contributed by atoms with Gasteiger partial charge in [0.2, 0.25) is 0 Å². The van der Waals surface area contributed by atoms with Crippen LogP contribution >= 0.6 is 0 Å². The van der Waals surface area contributed by atoms with E-state index in [-0.39, 0.29) is 11.9 Å². The van der Waals surface area contributed by atoms with Gasteiger partial charge in [0, 0.05) is 11.1 Å². The van der Waals surface area contributed by atoms with E-state index < -0.39 is 0 Å². The Morgan fingerprint density at radius 1 is 0.562 bits per heavy atom. The van der Waals surface area contributed by atoms with E-state index in [1.165, 1.54) is 0 Å². The lowest BCUT2D eigenvalue weighted by atomic mass is 9.85. The molecule has 0 radical (unpaired) electrons. The molecule has 4 heteroatoms. The molecule has 0 aliphatic heterocycles. The van der Waals surface area contributed by atoms with Crippen LogP contribution in [0.1, 0.15) is 131 Å². The molecule has 0 spiro atoms. The summed E-state index contributed by atoms with van der Waals surface area (Å²) in [4.78, 5) is 26.4. The van der Waals surface area contributed by atoms with Gasteiger partial charge < -0.3 is 9.47 Å². The van der Waals surface area contributed by atoms with Gasteiger partial charge in [0.05, 0.1) is 13.2 Å². The van der Waals surface area contributed by atoms with Gasteiger partial charge in [-0.2, -0.15) is 0 Å². The Hall–Kier alpha value is -1.32. The fraction of sp³-hybridized carbons (Fsp3) is 0.857. The van der Waals surface area contributed by atoms with Crippen molar-refractivity contribution in [1.82, 2.24) is 0 Å². The third kappa shape index (κ3) is 13.3. The summed E-state index contributed by atoms with van der Waals surface area (Å²) in [5.74, 6) is 0.165. The number of rotatable bonds is 20. The molecule has 0 aliphatic rings. The maximum absolute atomic E-state index is 13.2. The van der Waals surface area contributed by atoms with Crippen molar-refractivity contribution in [3.63, 3.8) is 0 Å². The van der Waals surface area contributed by atoms with Gasteiger partial charge in [0.25, 0.3) is 0 Å². The fourth-order valence-electron chi connectivity index (χ4n) is 3.92. The first-order valence-corrected chi connectivity index (χ1v) is 13.5. The van der Waals surface area contributed by atoms with Crippen molar-refractivity contribution in [2.24, 2.45) is 11.8 Å². The van der Waals surface area contributed by atoms with Crippen LogP contribution in [0, 0.1) is 11.8 Å². The quantitative estimate of drug-likeness (QED) is 0.106. The number of carbonyl (C=O) groups is 2. The molecule has 0 N–H and O–H groups in total. The third-order valence-corrected chi connectivity index (χ3v) is 6.39. The van der Waals surface area contributed by atoms with Crippen molar-refractivity contribution in [2.45, 2.75) is 131 Å². The van der Waals surface area contributed by atoms with E-state index in [4.69, 9.17) is 9.47 Å². The van der Waals surface area contributed by atoms with Gasteiger partial charge in [-0.05, 0) is 37.5 Å². The highest BCUT2D eigenvalue weighted by Gasteiger charge is 2.27. The van der Waals surface area contributed by atoms with Crippen LogP contribution in [0.25, 0.3) is 0 Å². The van der Waals surface area contributed by atoms with Crippen LogP contribution in [0.5, 0.6) is 0 Å². The molecule has 4 nitrogen and oxygen atoms in total. The normalized spacial score (nSPS) is 13.9. The molecule has 32 heavy (non-hydrogen) atoms. The average Bonchev–Trinajstić information content (AvgIpc) is 2.80. The second-order valence-corrected chi connectivity index (χ2v) is 9.18. The molecular formula is C28H52O4.